The summed E-state index contributed by atoms with van der Waals surface area (Å²) >= 11 is 0. The van der Waals surface area contributed by atoms with Gasteiger partial charge < -0.3 is 4.57 Å². The van der Waals surface area contributed by atoms with Gasteiger partial charge in [0.15, 0.2) is 0 Å². The molecule has 1 aliphatic rings. The van der Waals surface area contributed by atoms with E-state index in [1.165, 1.54) is 71.3 Å². The molecule has 0 aliphatic heterocycles. The van der Waals surface area contributed by atoms with Crippen LogP contribution in [0.25, 0.3) is 71.3 Å². The van der Waals surface area contributed by atoms with Gasteiger partial charge in [0.2, 0.25) is 0 Å². The molecule has 0 bridgehead atoms. The summed E-state index contributed by atoms with van der Waals surface area (Å²) in [6.45, 7) is 0. The number of benzene rings is 6. The summed E-state index contributed by atoms with van der Waals surface area (Å²) in [4.78, 5) is 0. The largest absolute Gasteiger partial charge is 0.309 e. The summed E-state index contributed by atoms with van der Waals surface area (Å²) in [5.74, 6) is 0. The molecule has 152 valence electrons. The predicted octanol–water partition coefficient (Wildman–Crippen LogP) is 8.74. The first kappa shape index (κ1) is 17.2. The summed E-state index contributed by atoms with van der Waals surface area (Å²) in [5, 5.41) is 7.81. The maximum atomic E-state index is 2.45. The van der Waals surface area contributed by atoms with Gasteiger partial charge in [-0.15, -0.1) is 0 Å². The van der Waals surface area contributed by atoms with Gasteiger partial charge in [0.1, 0.15) is 0 Å². The monoisotopic (exact) mass is 417 g/mol. The van der Waals surface area contributed by atoms with Gasteiger partial charge in [0.05, 0.1) is 11.0 Å². The number of fused-ring (bicyclic) bond motifs is 7. The van der Waals surface area contributed by atoms with E-state index < -0.39 is 0 Å². The van der Waals surface area contributed by atoms with Crippen LogP contribution in [0.15, 0.2) is 115 Å². The first-order valence-corrected chi connectivity index (χ1v) is 11.5. The quantitative estimate of drug-likeness (QED) is 0.252. The molecule has 1 aliphatic carbocycles. The lowest BCUT2D eigenvalue weighted by Crippen LogP contribution is -1.94. The molecule has 1 nitrogen and oxygen atoms in total. The molecule has 0 spiro atoms. The molecular weight excluding hydrogens is 398 g/mol. The summed E-state index contributed by atoms with van der Waals surface area (Å²) in [5.41, 5.74) is 9.06. The summed E-state index contributed by atoms with van der Waals surface area (Å²) in [7, 11) is 0. The summed E-state index contributed by atoms with van der Waals surface area (Å²) < 4.78 is 2.45. The van der Waals surface area contributed by atoms with Gasteiger partial charge >= 0.3 is 0 Å². The van der Waals surface area contributed by atoms with Crippen molar-refractivity contribution in [1.29, 1.82) is 0 Å². The van der Waals surface area contributed by atoms with Crippen LogP contribution in [-0.2, 0) is 0 Å². The zero-order valence-corrected chi connectivity index (χ0v) is 17.9. The minimum Gasteiger partial charge on any atom is -0.309 e. The number of hydrogen-bond donors (Lipinski definition) is 0. The highest BCUT2D eigenvalue weighted by atomic mass is 15.0. The Morgan fingerprint density at radius 2 is 1.06 bits per heavy atom. The van der Waals surface area contributed by atoms with Gasteiger partial charge in [-0.1, -0.05) is 84.9 Å². The van der Waals surface area contributed by atoms with Crippen LogP contribution >= 0.6 is 0 Å². The molecule has 1 heteroatoms. The SMILES string of the molecule is c1ccc2c(c1)-c1cccc3cc(-n4c5ccccc5c5cc6ccccc6cc54)cc-2c13. The van der Waals surface area contributed by atoms with Gasteiger partial charge in [-0.25, -0.2) is 0 Å². The highest BCUT2D eigenvalue weighted by molar-refractivity contribution is 6.17. The Kier molecular flexibility index (Phi) is 3.19. The molecule has 1 heterocycles. The van der Waals surface area contributed by atoms with Crippen LogP contribution in [0.3, 0.4) is 0 Å². The van der Waals surface area contributed by atoms with E-state index in [0.717, 1.165) is 0 Å². The Balaban J connectivity index is 1.54. The highest BCUT2D eigenvalue weighted by Gasteiger charge is 2.22. The molecule has 7 aromatic rings. The van der Waals surface area contributed by atoms with Crippen LogP contribution in [0.4, 0.5) is 0 Å². The fraction of sp³-hybridized carbons (Fsp3) is 0. The average molecular weight is 418 g/mol. The smallest absolute Gasteiger partial charge is 0.0547 e. The molecule has 0 saturated heterocycles. The average Bonchev–Trinajstić information content (AvgIpc) is 3.37. The molecule has 6 aromatic carbocycles. The van der Waals surface area contributed by atoms with Gasteiger partial charge in [0, 0.05) is 16.5 Å². The third-order valence-corrected chi connectivity index (χ3v) is 7.27. The van der Waals surface area contributed by atoms with E-state index in [-0.39, 0.29) is 0 Å². The van der Waals surface area contributed by atoms with E-state index in [1.807, 2.05) is 0 Å². The van der Waals surface area contributed by atoms with Crippen LogP contribution in [-0.4, -0.2) is 4.57 Å². The van der Waals surface area contributed by atoms with E-state index in [1.54, 1.807) is 0 Å². The van der Waals surface area contributed by atoms with Gasteiger partial charge in [-0.05, 0) is 74.1 Å². The maximum absolute atomic E-state index is 2.45. The molecule has 0 saturated carbocycles. The van der Waals surface area contributed by atoms with E-state index in [0.29, 0.717) is 0 Å². The number of rotatable bonds is 1. The molecule has 8 rings (SSSR count). The van der Waals surface area contributed by atoms with Crippen molar-refractivity contribution in [3.63, 3.8) is 0 Å². The van der Waals surface area contributed by atoms with Crippen LogP contribution in [0.5, 0.6) is 0 Å². The maximum Gasteiger partial charge on any atom is 0.0547 e. The molecule has 0 radical (unpaired) electrons. The standard InChI is InChI=1S/C32H19N/c1-2-9-21-18-31-28(17-20(21)8-1)26-13-5-6-15-30(26)33(31)23-16-22-10-7-14-27-24-11-3-4-12-25(24)29(19-23)32(22)27/h1-19H. The third kappa shape index (κ3) is 2.21. The van der Waals surface area contributed by atoms with Crippen molar-refractivity contribution in [2.24, 2.45) is 0 Å². The van der Waals surface area contributed by atoms with Crippen molar-refractivity contribution in [1.82, 2.24) is 4.57 Å². The van der Waals surface area contributed by atoms with E-state index >= 15 is 0 Å². The van der Waals surface area contributed by atoms with Crippen LogP contribution in [0.1, 0.15) is 0 Å². The Bertz CT molecular complexity index is 1920. The predicted molar refractivity (Wildman–Crippen MR) is 140 cm³/mol. The minimum atomic E-state index is 1.22. The van der Waals surface area contributed by atoms with Crippen molar-refractivity contribution >= 4 is 43.4 Å². The number of hydrogen-bond acceptors (Lipinski definition) is 0. The minimum absolute atomic E-state index is 1.22. The summed E-state index contributed by atoms with van der Waals surface area (Å²) in [6.07, 6.45) is 0. The molecule has 33 heavy (non-hydrogen) atoms. The molecule has 0 amide bonds. The Morgan fingerprint density at radius 3 is 1.94 bits per heavy atom. The van der Waals surface area contributed by atoms with Gasteiger partial charge in [-0.3, -0.25) is 0 Å². The zero-order chi connectivity index (χ0) is 21.5. The van der Waals surface area contributed by atoms with Crippen molar-refractivity contribution < 1.29 is 0 Å². The first-order valence-electron chi connectivity index (χ1n) is 11.5. The number of aromatic nitrogens is 1. The lowest BCUT2D eigenvalue weighted by atomic mass is 10.0. The van der Waals surface area contributed by atoms with Crippen LogP contribution < -0.4 is 0 Å². The fourth-order valence-electron chi connectivity index (χ4n) is 5.86. The topological polar surface area (TPSA) is 4.93 Å². The Labute approximate surface area is 191 Å². The zero-order valence-electron chi connectivity index (χ0n) is 17.9. The second-order valence-corrected chi connectivity index (χ2v) is 9.01. The third-order valence-electron chi connectivity index (χ3n) is 7.27. The molecule has 0 N–H and O–H groups in total. The van der Waals surface area contributed by atoms with E-state index in [4.69, 9.17) is 0 Å². The molecule has 0 unspecified atom stereocenters. The first-order chi connectivity index (χ1) is 16.4. The Hall–Kier alpha value is -4.36. The number of para-hydroxylation sites is 1. The number of nitrogens with zero attached hydrogens (tertiary/aromatic N) is 1. The summed E-state index contributed by atoms with van der Waals surface area (Å²) in [6, 6.07) is 42.3. The van der Waals surface area contributed by atoms with Crippen LogP contribution in [0.2, 0.25) is 0 Å². The van der Waals surface area contributed by atoms with Crippen molar-refractivity contribution in [2.75, 3.05) is 0 Å². The van der Waals surface area contributed by atoms with E-state index in [2.05, 4.69) is 120 Å². The van der Waals surface area contributed by atoms with Gasteiger partial charge in [-0.2, -0.15) is 0 Å². The van der Waals surface area contributed by atoms with Crippen LogP contribution in [0, 0.1) is 0 Å². The Morgan fingerprint density at radius 1 is 0.394 bits per heavy atom. The normalized spacial score (nSPS) is 12.2. The van der Waals surface area contributed by atoms with Crippen molar-refractivity contribution in [2.45, 2.75) is 0 Å². The lowest BCUT2D eigenvalue weighted by molar-refractivity contribution is 1.19. The van der Waals surface area contributed by atoms with Crippen molar-refractivity contribution in [3.05, 3.63) is 115 Å². The second-order valence-electron chi connectivity index (χ2n) is 9.01. The van der Waals surface area contributed by atoms with Crippen molar-refractivity contribution in [3.8, 4) is 27.9 Å². The second kappa shape index (κ2) is 6.11. The molecule has 0 fully saturated rings. The molecule has 1 aromatic heterocycles. The van der Waals surface area contributed by atoms with E-state index in [9.17, 15) is 0 Å². The molecule has 0 atom stereocenters. The van der Waals surface area contributed by atoms with Gasteiger partial charge in [0.25, 0.3) is 0 Å². The molecular formula is C32H19N. The lowest BCUT2D eigenvalue weighted by Gasteiger charge is -2.12. The highest BCUT2D eigenvalue weighted by Crippen LogP contribution is 2.48. The fourth-order valence-corrected chi connectivity index (χ4v) is 5.86.